The van der Waals surface area contributed by atoms with Gasteiger partial charge in [-0.25, -0.2) is 4.98 Å². The smallest absolute Gasteiger partial charge is 0.249 e. The molecule has 0 bridgehead atoms. The summed E-state index contributed by atoms with van der Waals surface area (Å²) in [7, 11) is 1.77. The second kappa shape index (κ2) is 11.5. The fraction of sp³-hybridized carbons (Fsp3) is 0.0968. The van der Waals surface area contributed by atoms with Crippen molar-refractivity contribution in [2.24, 2.45) is 12.8 Å². The van der Waals surface area contributed by atoms with Crippen molar-refractivity contribution in [2.75, 3.05) is 11.4 Å². The molecule has 3 aromatic carbocycles. The lowest BCUT2D eigenvalue weighted by atomic mass is 9.99. The van der Waals surface area contributed by atoms with E-state index in [1.54, 1.807) is 54.3 Å². The minimum absolute atomic E-state index is 0.167. The highest BCUT2D eigenvalue weighted by Gasteiger charge is 2.27. The third kappa shape index (κ3) is 5.44. The zero-order valence-electron chi connectivity index (χ0n) is 22.3. The van der Waals surface area contributed by atoms with E-state index in [0.717, 1.165) is 22.2 Å². The SMILES string of the molecule is CCN(c1cccc(C#N)c1)c1c(-c2ccn(C)n2)nc(O)c(Sc2ccc(-c3ccccc3C(N)=O)cc2)c1O. The van der Waals surface area contributed by atoms with Crippen LogP contribution < -0.4 is 10.6 Å². The Morgan fingerprint density at radius 3 is 2.49 bits per heavy atom. The van der Waals surface area contributed by atoms with Crippen LogP contribution in [-0.2, 0) is 7.05 Å². The van der Waals surface area contributed by atoms with Crippen LogP contribution in [0.1, 0.15) is 22.8 Å². The number of aromatic hydroxyl groups is 2. The standard InChI is InChI=1S/C31H26N6O3S/c1-3-37(21-8-6-7-19(17-21)18-32)27-26(25-15-16-36(2)35-25)34-31(40)29(28(27)38)41-22-13-11-20(12-14-22)23-9-4-5-10-24(23)30(33)39/h4-17H,3H2,1-2H3,(H2,33,39)(H2,34,38,40). The molecule has 0 saturated heterocycles. The Balaban J connectivity index is 1.59. The lowest BCUT2D eigenvalue weighted by molar-refractivity contribution is 0.100. The molecule has 0 unspecified atom stereocenters. The largest absolute Gasteiger partial charge is 0.504 e. The minimum atomic E-state index is -0.513. The number of carbonyl (C=O) groups is 1. The van der Waals surface area contributed by atoms with Crippen molar-refractivity contribution in [3.8, 4) is 40.2 Å². The van der Waals surface area contributed by atoms with Crippen LogP contribution in [0.15, 0.2) is 94.9 Å². The van der Waals surface area contributed by atoms with Gasteiger partial charge in [0.25, 0.3) is 0 Å². The molecule has 9 nitrogen and oxygen atoms in total. The summed E-state index contributed by atoms with van der Waals surface area (Å²) in [6.45, 7) is 2.36. The summed E-state index contributed by atoms with van der Waals surface area (Å²) in [5, 5.41) is 36.6. The Labute approximate surface area is 241 Å². The van der Waals surface area contributed by atoms with E-state index >= 15 is 0 Å². The Morgan fingerprint density at radius 1 is 1.07 bits per heavy atom. The molecule has 5 rings (SSSR count). The zero-order chi connectivity index (χ0) is 29.1. The lowest BCUT2D eigenvalue weighted by Crippen LogP contribution is -2.18. The number of carbonyl (C=O) groups excluding carboxylic acids is 1. The number of anilines is 2. The van der Waals surface area contributed by atoms with Gasteiger partial charge >= 0.3 is 0 Å². The maximum absolute atomic E-state index is 11.9. The first-order chi connectivity index (χ1) is 19.8. The molecule has 0 aliphatic carbocycles. The van der Waals surface area contributed by atoms with E-state index in [4.69, 9.17) is 5.73 Å². The molecule has 4 N–H and O–H groups in total. The Kier molecular flexibility index (Phi) is 7.63. The molecule has 41 heavy (non-hydrogen) atoms. The molecule has 0 saturated carbocycles. The van der Waals surface area contributed by atoms with E-state index in [2.05, 4.69) is 16.2 Å². The molecular formula is C31H26N6O3S. The summed E-state index contributed by atoms with van der Waals surface area (Å²) in [5.41, 5.74) is 9.76. The van der Waals surface area contributed by atoms with Crippen molar-refractivity contribution < 1.29 is 15.0 Å². The van der Waals surface area contributed by atoms with Gasteiger partial charge in [-0.15, -0.1) is 0 Å². The fourth-order valence-corrected chi connectivity index (χ4v) is 5.43. The predicted molar refractivity (Wildman–Crippen MR) is 158 cm³/mol. The van der Waals surface area contributed by atoms with Crippen LogP contribution in [0.2, 0.25) is 0 Å². The van der Waals surface area contributed by atoms with Crippen LogP contribution in [0.3, 0.4) is 0 Å². The van der Waals surface area contributed by atoms with E-state index in [1.165, 1.54) is 0 Å². The number of amides is 1. The van der Waals surface area contributed by atoms with E-state index < -0.39 is 5.91 Å². The molecular weight excluding hydrogens is 536 g/mol. The van der Waals surface area contributed by atoms with Gasteiger partial charge < -0.3 is 20.8 Å². The molecule has 0 fully saturated rings. The van der Waals surface area contributed by atoms with Gasteiger partial charge in [0.2, 0.25) is 11.8 Å². The first-order valence-corrected chi connectivity index (χ1v) is 13.5. The number of aromatic nitrogens is 3. The van der Waals surface area contributed by atoms with Gasteiger partial charge in [0, 0.05) is 35.9 Å². The number of aryl methyl sites for hydroxylation is 1. The van der Waals surface area contributed by atoms with Gasteiger partial charge in [0.15, 0.2) is 5.75 Å². The number of benzene rings is 3. The summed E-state index contributed by atoms with van der Waals surface area (Å²) < 4.78 is 1.61. The summed E-state index contributed by atoms with van der Waals surface area (Å²) in [5.74, 6) is -1.03. The molecule has 204 valence electrons. The van der Waals surface area contributed by atoms with Crippen molar-refractivity contribution in [3.63, 3.8) is 0 Å². The molecule has 2 aromatic heterocycles. The monoisotopic (exact) mass is 562 g/mol. The summed E-state index contributed by atoms with van der Waals surface area (Å²) in [6, 6.07) is 25.4. The third-order valence-corrected chi connectivity index (χ3v) is 7.58. The molecule has 5 aromatic rings. The minimum Gasteiger partial charge on any atom is -0.504 e. The third-order valence-electron chi connectivity index (χ3n) is 6.49. The van der Waals surface area contributed by atoms with Crippen LogP contribution in [0, 0.1) is 11.3 Å². The van der Waals surface area contributed by atoms with Gasteiger partial charge in [0.05, 0.1) is 11.6 Å². The molecule has 0 atom stereocenters. The van der Waals surface area contributed by atoms with Crippen molar-refractivity contribution in [1.29, 1.82) is 5.26 Å². The average Bonchev–Trinajstić information content (AvgIpc) is 3.43. The molecule has 0 radical (unpaired) electrons. The topological polar surface area (TPSA) is 141 Å². The van der Waals surface area contributed by atoms with Gasteiger partial charge in [-0.05, 0) is 60.5 Å². The van der Waals surface area contributed by atoms with Crippen molar-refractivity contribution in [2.45, 2.75) is 16.7 Å². The normalized spacial score (nSPS) is 10.8. The van der Waals surface area contributed by atoms with Crippen molar-refractivity contribution in [1.82, 2.24) is 14.8 Å². The number of nitriles is 1. The van der Waals surface area contributed by atoms with Crippen molar-refractivity contribution >= 4 is 29.0 Å². The highest BCUT2D eigenvalue weighted by atomic mass is 32.2. The van der Waals surface area contributed by atoms with Crippen LogP contribution in [-0.4, -0.2) is 37.4 Å². The lowest BCUT2D eigenvalue weighted by Gasteiger charge is -2.27. The average molecular weight is 563 g/mol. The second-order valence-electron chi connectivity index (χ2n) is 9.13. The zero-order valence-corrected chi connectivity index (χ0v) is 23.1. The van der Waals surface area contributed by atoms with Crippen molar-refractivity contribution in [3.05, 3.63) is 96.2 Å². The van der Waals surface area contributed by atoms with Crippen LogP contribution in [0.5, 0.6) is 11.6 Å². The Hall–Kier alpha value is -5.27. The number of pyridine rings is 1. The summed E-state index contributed by atoms with van der Waals surface area (Å²) in [4.78, 5) is 19.1. The molecule has 2 heterocycles. The highest BCUT2D eigenvalue weighted by molar-refractivity contribution is 7.99. The van der Waals surface area contributed by atoms with Crippen LogP contribution in [0.4, 0.5) is 11.4 Å². The van der Waals surface area contributed by atoms with E-state index in [-0.39, 0.29) is 16.5 Å². The molecule has 10 heteroatoms. The van der Waals surface area contributed by atoms with Gasteiger partial charge in [-0.3, -0.25) is 9.48 Å². The van der Waals surface area contributed by atoms with Gasteiger partial charge in [-0.2, -0.15) is 10.4 Å². The molecule has 0 aliphatic heterocycles. The number of hydrogen-bond acceptors (Lipinski definition) is 8. The molecule has 1 amide bonds. The first-order valence-electron chi connectivity index (χ1n) is 12.7. The van der Waals surface area contributed by atoms with E-state index in [9.17, 15) is 20.3 Å². The summed E-state index contributed by atoms with van der Waals surface area (Å²) >= 11 is 1.15. The first kappa shape index (κ1) is 27.3. The quantitative estimate of drug-likeness (QED) is 0.214. The number of rotatable bonds is 8. The predicted octanol–water partition coefficient (Wildman–Crippen LogP) is 5.84. The Bertz CT molecular complexity index is 1790. The second-order valence-corrected chi connectivity index (χ2v) is 10.2. The summed E-state index contributed by atoms with van der Waals surface area (Å²) in [6.07, 6.45) is 1.75. The number of nitrogens with two attached hydrogens (primary N) is 1. The molecule has 0 spiro atoms. The number of nitrogens with zero attached hydrogens (tertiary/aromatic N) is 5. The highest BCUT2D eigenvalue weighted by Crippen LogP contribution is 2.50. The number of hydrogen-bond donors (Lipinski definition) is 3. The van der Waals surface area contributed by atoms with Gasteiger partial charge in [-0.1, -0.05) is 48.2 Å². The van der Waals surface area contributed by atoms with Crippen LogP contribution >= 0.6 is 11.8 Å². The Morgan fingerprint density at radius 2 is 1.83 bits per heavy atom. The van der Waals surface area contributed by atoms with E-state index in [0.29, 0.717) is 46.0 Å². The fourth-order valence-electron chi connectivity index (χ4n) is 4.59. The number of primary amides is 1. The van der Waals surface area contributed by atoms with Gasteiger partial charge in [0.1, 0.15) is 22.0 Å². The molecule has 0 aliphatic rings. The maximum Gasteiger partial charge on any atom is 0.249 e. The van der Waals surface area contributed by atoms with E-state index in [1.807, 2.05) is 54.3 Å². The maximum atomic E-state index is 11.9. The van der Waals surface area contributed by atoms with Crippen LogP contribution in [0.25, 0.3) is 22.5 Å².